The van der Waals surface area contributed by atoms with Gasteiger partial charge in [-0.05, 0) is 47.9 Å². The lowest BCUT2D eigenvalue weighted by Crippen LogP contribution is -2.23. The van der Waals surface area contributed by atoms with Crippen molar-refractivity contribution in [3.05, 3.63) is 34.4 Å². The van der Waals surface area contributed by atoms with Gasteiger partial charge in [-0.1, -0.05) is 32.9 Å². The highest BCUT2D eigenvalue weighted by Gasteiger charge is 2.22. The number of aryl methyl sites for hydroxylation is 2. The summed E-state index contributed by atoms with van der Waals surface area (Å²) >= 11 is 0. The predicted molar refractivity (Wildman–Crippen MR) is 80.5 cm³/mol. The zero-order valence-corrected chi connectivity index (χ0v) is 13.0. The first-order valence-corrected chi connectivity index (χ1v) is 7.28. The molecule has 0 bridgehead atoms. The quantitative estimate of drug-likeness (QED) is 0.884. The Morgan fingerprint density at radius 1 is 1.21 bits per heavy atom. The molecule has 1 unspecified atom stereocenters. The lowest BCUT2D eigenvalue weighted by molar-refractivity contribution is 0.174. The van der Waals surface area contributed by atoms with Crippen LogP contribution in [-0.4, -0.2) is 29.2 Å². The Morgan fingerprint density at radius 3 is 2.21 bits per heavy atom. The molecule has 1 N–H and O–H groups in total. The predicted octanol–water partition coefficient (Wildman–Crippen LogP) is 3.17. The number of aliphatic hydroxyl groups excluding tert-OH is 1. The zero-order valence-electron chi connectivity index (χ0n) is 13.0. The van der Waals surface area contributed by atoms with E-state index >= 15 is 0 Å². The maximum Gasteiger partial charge on any atom is 0.0679 e. The van der Waals surface area contributed by atoms with Crippen LogP contribution in [-0.2, 0) is 12.0 Å². The summed E-state index contributed by atoms with van der Waals surface area (Å²) in [6, 6.07) is 4.66. The Balaban J connectivity index is 2.22. The molecule has 106 valence electrons. The van der Waals surface area contributed by atoms with Gasteiger partial charge in [0.15, 0.2) is 0 Å². The van der Waals surface area contributed by atoms with Gasteiger partial charge in [-0.25, -0.2) is 0 Å². The van der Waals surface area contributed by atoms with E-state index in [1.807, 2.05) is 0 Å². The lowest BCUT2D eigenvalue weighted by atomic mass is 9.84. The fourth-order valence-electron chi connectivity index (χ4n) is 2.86. The number of β-amino-alcohol motifs (C(OH)–C–C–N with tert-alkyl or cyclic N) is 1. The summed E-state index contributed by atoms with van der Waals surface area (Å²) in [4.78, 5) is 2.36. The molecule has 0 radical (unpaired) electrons. The normalized spacial score (nSPS) is 21.1. The molecule has 1 aliphatic heterocycles. The van der Waals surface area contributed by atoms with Crippen LogP contribution in [0.5, 0.6) is 0 Å². The average molecular weight is 261 g/mol. The molecule has 0 aliphatic carbocycles. The SMILES string of the molecule is Cc1cc(C(C)(C)C)cc(C)c1CN1CCC(O)C1. The minimum absolute atomic E-state index is 0.130. The van der Waals surface area contributed by atoms with Crippen molar-refractivity contribution in [1.29, 1.82) is 0 Å². The molecular weight excluding hydrogens is 234 g/mol. The Hall–Kier alpha value is -0.860. The summed E-state index contributed by atoms with van der Waals surface area (Å²) in [6.07, 6.45) is 0.785. The lowest BCUT2D eigenvalue weighted by Gasteiger charge is -2.24. The summed E-state index contributed by atoms with van der Waals surface area (Å²) in [5.41, 5.74) is 5.81. The number of hydrogen-bond acceptors (Lipinski definition) is 2. The van der Waals surface area contributed by atoms with Crippen molar-refractivity contribution in [3.63, 3.8) is 0 Å². The van der Waals surface area contributed by atoms with Gasteiger partial charge in [-0.3, -0.25) is 4.90 Å². The number of benzene rings is 1. The van der Waals surface area contributed by atoms with Crippen molar-refractivity contribution in [3.8, 4) is 0 Å². The summed E-state index contributed by atoms with van der Waals surface area (Å²) in [6.45, 7) is 14.0. The van der Waals surface area contributed by atoms with Gasteiger partial charge in [-0.2, -0.15) is 0 Å². The van der Waals surface area contributed by atoms with Crippen LogP contribution >= 0.6 is 0 Å². The molecule has 1 heterocycles. The Bertz CT molecular complexity index is 436. The molecule has 0 saturated carbocycles. The van der Waals surface area contributed by atoms with Crippen molar-refractivity contribution in [2.24, 2.45) is 0 Å². The molecule has 1 atom stereocenters. The highest BCUT2D eigenvalue weighted by molar-refractivity contribution is 5.40. The number of nitrogens with zero attached hydrogens (tertiary/aromatic N) is 1. The number of aliphatic hydroxyl groups is 1. The standard InChI is InChI=1S/C17H27NO/c1-12-8-14(17(3,4)5)9-13(2)16(12)11-18-7-6-15(19)10-18/h8-9,15,19H,6-7,10-11H2,1-5H3. The fraction of sp³-hybridized carbons (Fsp3) is 0.647. The molecule has 1 aromatic carbocycles. The van der Waals surface area contributed by atoms with Crippen LogP contribution in [0.3, 0.4) is 0 Å². The molecule has 1 aromatic rings. The van der Waals surface area contributed by atoms with Gasteiger partial charge in [0.2, 0.25) is 0 Å². The van der Waals surface area contributed by atoms with Gasteiger partial charge >= 0.3 is 0 Å². The van der Waals surface area contributed by atoms with E-state index in [9.17, 15) is 5.11 Å². The number of rotatable bonds is 2. The number of hydrogen-bond donors (Lipinski definition) is 1. The molecule has 0 aromatic heterocycles. The first-order valence-electron chi connectivity index (χ1n) is 7.28. The highest BCUT2D eigenvalue weighted by Crippen LogP contribution is 2.28. The largest absolute Gasteiger partial charge is 0.392 e. The van der Waals surface area contributed by atoms with Crippen molar-refractivity contribution < 1.29 is 5.11 Å². The van der Waals surface area contributed by atoms with Crippen LogP contribution < -0.4 is 0 Å². The summed E-state index contributed by atoms with van der Waals surface area (Å²) in [5, 5.41) is 9.63. The van der Waals surface area contributed by atoms with Crippen LogP contribution in [0.4, 0.5) is 0 Å². The number of likely N-dealkylation sites (tertiary alicyclic amines) is 1. The molecule has 1 aliphatic rings. The van der Waals surface area contributed by atoms with E-state index in [1.54, 1.807) is 0 Å². The highest BCUT2D eigenvalue weighted by atomic mass is 16.3. The smallest absolute Gasteiger partial charge is 0.0679 e. The molecule has 19 heavy (non-hydrogen) atoms. The summed E-state index contributed by atoms with van der Waals surface area (Å²) in [7, 11) is 0. The molecule has 0 spiro atoms. The molecule has 1 saturated heterocycles. The van der Waals surface area contributed by atoms with E-state index in [2.05, 4.69) is 51.7 Å². The third-order valence-corrected chi connectivity index (χ3v) is 4.19. The van der Waals surface area contributed by atoms with Crippen LogP contribution in [0.25, 0.3) is 0 Å². The monoisotopic (exact) mass is 261 g/mol. The summed E-state index contributed by atoms with van der Waals surface area (Å²) < 4.78 is 0. The Morgan fingerprint density at radius 2 is 1.79 bits per heavy atom. The molecule has 0 amide bonds. The van der Waals surface area contributed by atoms with Gasteiger partial charge in [-0.15, -0.1) is 0 Å². The van der Waals surface area contributed by atoms with E-state index in [1.165, 1.54) is 22.3 Å². The third-order valence-electron chi connectivity index (χ3n) is 4.19. The first-order chi connectivity index (χ1) is 8.77. The van der Waals surface area contributed by atoms with E-state index in [-0.39, 0.29) is 11.5 Å². The zero-order chi connectivity index (χ0) is 14.2. The Labute approximate surface area is 117 Å². The topological polar surface area (TPSA) is 23.5 Å². The summed E-state index contributed by atoms with van der Waals surface area (Å²) in [5.74, 6) is 0. The van der Waals surface area contributed by atoms with Gasteiger partial charge in [0.05, 0.1) is 6.10 Å². The second-order valence-corrected chi connectivity index (χ2v) is 7.02. The van der Waals surface area contributed by atoms with E-state index in [0.29, 0.717) is 0 Å². The molecular formula is C17H27NO. The van der Waals surface area contributed by atoms with Crippen molar-refractivity contribution in [2.45, 2.75) is 59.1 Å². The Kier molecular flexibility index (Phi) is 4.03. The molecule has 2 rings (SSSR count). The van der Waals surface area contributed by atoms with E-state index < -0.39 is 0 Å². The average Bonchev–Trinajstić information content (AvgIpc) is 2.68. The van der Waals surface area contributed by atoms with Crippen molar-refractivity contribution in [1.82, 2.24) is 4.90 Å². The minimum Gasteiger partial charge on any atom is -0.392 e. The third kappa shape index (κ3) is 3.37. The van der Waals surface area contributed by atoms with E-state index in [4.69, 9.17) is 0 Å². The van der Waals surface area contributed by atoms with Crippen molar-refractivity contribution in [2.75, 3.05) is 13.1 Å². The fourth-order valence-corrected chi connectivity index (χ4v) is 2.86. The first kappa shape index (κ1) is 14.5. The van der Waals surface area contributed by atoms with E-state index in [0.717, 1.165) is 26.1 Å². The maximum absolute atomic E-state index is 9.63. The van der Waals surface area contributed by atoms with Gasteiger partial charge < -0.3 is 5.11 Å². The molecule has 1 fully saturated rings. The van der Waals surface area contributed by atoms with Gasteiger partial charge in [0.25, 0.3) is 0 Å². The van der Waals surface area contributed by atoms with Crippen molar-refractivity contribution >= 4 is 0 Å². The minimum atomic E-state index is -0.130. The van der Waals surface area contributed by atoms with Crippen LogP contribution in [0.1, 0.15) is 49.4 Å². The molecule has 2 heteroatoms. The molecule has 2 nitrogen and oxygen atoms in total. The second kappa shape index (κ2) is 5.26. The van der Waals surface area contributed by atoms with Gasteiger partial charge in [0, 0.05) is 19.6 Å². The van der Waals surface area contributed by atoms with Crippen LogP contribution in [0.2, 0.25) is 0 Å². The van der Waals surface area contributed by atoms with Crippen LogP contribution in [0, 0.1) is 13.8 Å². The maximum atomic E-state index is 9.63. The van der Waals surface area contributed by atoms with Gasteiger partial charge in [0.1, 0.15) is 0 Å². The van der Waals surface area contributed by atoms with Crippen LogP contribution in [0.15, 0.2) is 12.1 Å². The second-order valence-electron chi connectivity index (χ2n) is 7.02.